The molecule has 0 aliphatic rings. The quantitative estimate of drug-likeness (QED) is 0.757. The lowest BCUT2D eigenvalue weighted by Gasteiger charge is -2.10. The third kappa shape index (κ3) is 2.66. The molecule has 0 amide bonds. The van der Waals surface area contributed by atoms with Crippen LogP contribution >= 0.6 is 0 Å². The smallest absolute Gasteiger partial charge is 0.233 e. The summed E-state index contributed by atoms with van der Waals surface area (Å²) in [5.74, 6) is 0.549. The van der Waals surface area contributed by atoms with Crippen molar-refractivity contribution in [3.05, 3.63) is 17.8 Å². The van der Waals surface area contributed by atoms with E-state index in [4.69, 9.17) is 4.74 Å². The molecule has 0 aliphatic heterocycles. The van der Waals surface area contributed by atoms with Crippen LogP contribution in [0.2, 0.25) is 0 Å². The number of rotatable bonds is 4. The van der Waals surface area contributed by atoms with Gasteiger partial charge < -0.3 is 10.1 Å². The summed E-state index contributed by atoms with van der Waals surface area (Å²) in [5.41, 5.74) is 0.933. The summed E-state index contributed by atoms with van der Waals surface area (Å²) >= 11 is 0. The van der Waals surface area contributed by atoms with Crippen LogP contribution in [0.15, 0.2) is 12.1 Å². The average Bonchev–Trinajstić information content (AvgIpc) is 2.18. The Labute approximate surface area is 78.3 Å². The van der Waals surface area contributed by atoms with Crippen molar-refractivity contribution in [3.8, 4) is 5.88 Å². The van der Waals surface area contributed by atoms with Crippen molar-refractivity contribution in [2.75, 3.05) is 13.7 Å². The van der Waals surface area contributed by atoms with E-state index in [0.29, 0.717) is 5.88 Å². The Kier molecular flexibility index (Phi) is 3.64. The summed E-state index contributed by atoms with van der Waals surface area (Å²) in [7, 11) is 1.58. The van der Waals surface area contributed by atoms with Gasteiger partial charge in [0.05, 0.1) is 12.8 Å². The second-order valence-corrected chi connectivity index (χ2v) is 2.78. The first-order valence-corrected chi connectivity index (χ1v) is 4.39. The topological polar surface area (TPSA) is 47.0 Å². The normalized spacial score (nSPS) is 12.5. The summed E-state index contributed by atoms with van der Waals surface area (Å²) in [4.78, 5) is 0. The van der Waals surface area contributed by atoms with Gasteiger partial charge in [0.25, 0.3) is 0 Å². The van der Waals surface area contributed by atoms with E-state index in [0.717, 1.165) is 12.2 Å². The Hall–Kier alpha value is -1.16. The predicted octanol–water partition coefficient (Wildman–Crippen LogP) is 1.16. The minimum Gasteiger partial charge on any atom is -0.480 e. The highest BCUT2D eigenvalue weighted by atomic mass is 16.5. The largest absolute Gasteiger partial charge is 0.480 e. The van der Waals surface area contributed by atoms with Crippen molar-refractivity contribution >= 4 is 0 Å². The van der Waals surface area contributed by atoms with Gasteiger partial charge in [-0.1, -0.05) is 6.92 Å². The lowest BCUT2D eigenvalue weighted by atomic mass is 10.2. The number of aromatic nitrogens is 2. The van der Waals surface area contributed by atoms with Crippen molar-refractivity contribution in [3.63, 3.8) is 0 Å². The van der Waals surface area contributed by atoms with Crippen molar-refractivity contribution in [2.45, 2.75) is 19.9 Å². The van der Waals surface area contributed by atoms with Crippen molar-refractivity contribution in [1.82, 2.24) is 15.5 Å². The number of ether oxygens (including phenoxy) is 1. The highest BCUT2D eigenvalue weighted by Crippen LogP contribution is 2.10. The first-order valence-electron chi connectivity index (χ1n) is 4.39. The zero-order chi connectivity index (χ0) is 9.68. The van der Waals surface area contributed by atoms with Crippen LogP contribution in [0, 0.1) is 0 Å². The summed E-state index contributed by atoms with van der Waals surface area (Å²) in [6.45, 7) is 5.04. The first kappa shape index (κ1) is 9.92. The minimum atomic E-state index is 0.239. The van der Waals surface area contributed by atoms with Crippen LogP contribution < -0.4 is 10.1 Å². The van der Waals surface area contributed by atoms with E-state index >= 15 is 0 Å². The van der Waals surface area contributed by atoms with E-state index in [2.05, 4.69) is 29.4 Å². The van der Waals surface area contributed by atoms with Crippen molar-refractivity contribution < 1.29 is 4.74 Å². The van der Waals surface area contributed by atoms with Gasteiger partial charge in [-0.05, 0) is 19.5 Å². The molecule has 1 N–H and O–H groups in total. The van der Waals surface area contributed by atoms with Crippen LogP contribution in [0.25, 0.3) is 0 Å². The molecule has 0 spiro atoms. The molecule has 13 heavy (non-hydrogen) atoms. The molecule has 0 saturated heterocycles. The molecule has 4 nitrogen and oxygen atoms in total. The van der Waals surface area contributed by atoms with Gasteiger partial charge >= 0.3 is 0 Å². The third-order valence-electron chi connectivity index (χ3n) is 1.82. The number of nitrogens with one attached hydrogen (secondary N) is 1. The van der Waals surface area contributed by atoms with E-state index in [9.17, 15) is 0 Å². The zero-order valence-electron chi connectivity index (χ0n) is 8.24. The fourth-order valence-corrected chi connectivity index (χ4v) is 1.08. The van der Waals surface area contributed by atoms with Crippen LogP contribution in [0.3, 0.4) is 0 Å². The monoisotopic (exact) mass is 181 g/mol. The zero-order valence-corrected chi connectivity index (χ0v) is 8.24. The van der Waals surface area contributed by atoms with Crippen LogP contribution in [0.5, 0.6) is 5.88 Å². The predicted molar refractivity (Wildman–Crippen MR) is 50.7 cm³/mol. The Bertz CT molecular complexity index is 248. The van der Waals surface area contributed by atoms with Crippen LogP contribution in [0.1, 0.15) is 25.6 Å². The molecule has 0 aromatic carbocycles. The van der Waals surface area contributed by atoms with Crippen LogP contribution in [-0.2, 0) is 0 Å². The number of hydrogen-bond donors (Lipinski definition) is 1. The van der Waals surface area contributed by atoms with E-state index in [1.165, 1.54) is 0 Å². The summed E-state index contributed by atoms with van der Waals surface area (Å²) in [6, 6.07) is 3.97. The molecule has 0 fully saturated rings. The molecule has 1 atom stereocenters. The Morgan fingerprint density at radius 3 is 2.69 bits per heavy atom. The van der Waals surface area contributed by atoms with Gasteiger partial charge in [-0.25, -0.2) is 0 Å². The summed E-state index contributed by atoms with van der Waals surface area (Å²) in [6.07, 6.45) is 0. The molecule has 1 heterocycles. The molecule has 0 bridgehead atoms. The maximum Gasteiger partial charge on any atom is 0.233 e. The van der Waals surface area contributed by atoms with E-state index < -0.39 is 0 Å². The molecule has 1 rings (SSSR count). The van der Waals surface area contributed by atoms with Gasteiger partial charge in [0.15, 0.2) is 0 Å². The maximum atomic E-state index is 4.91. The third-order valence-corrected chi connectivity index (χ3v) is 1.82. The summed E-state index contributed by atoms with van der Waals surface area (Å²) in [5, 5.41) is 11.2. The molecule has 0 aliphatic carbocycles. The molecule has 4 heteroatoms. The van der Waals surface area contributed by atoms with Gasteiger partial charge in [-0.3, -0.25) is 0 Å². The molecule has 1 unspecified atom stereocenters. The lowest BCUT2D eigenvalue weighted by molar-refractivity contribution is 0.389. The van der Waals surface area contributed by atoms with Gasteiger partial charge in [0.1, 0.15) is 0 Å². The standard InChI is InChI=1S/C9H15N3O/c1-4-10-7(2)8-5-6-9(13-3)12-11-8/h5-7,10H,4H2,1-3H3. The average molecular weight is 181 g/mol. The number of nitrogens with zero attached hydrogens (tertiary/aromatic N) is 2. The molecule has 1 aromatic heterocycles. The van der Waals surface area contributed by atoms with E-state index in [1.54, 1.807) is 7.11 Å². The van der Waals surface area contributed by atoms with Crippen molar-refractivity contribution in [2.24, 2.45) is 0 Å². The Morgan fingerprint density at radius 2 is 2.23 bits per heavy atom. The van der Waals surface area contributed by atoms with E-state index in [1.807, 2.05) is 12.1 Å². The number of hydrogen-bond acceptors (Lipinski definition) is 4. The first-order chi connectivity index (χ1) is 6.27. The molecule has 0 saturated carbocycles. The maximum absolute atomic E-state index is 4.91. The van der Waals surface area contributed by atoms with Crippen LogP contribution in [-0.4, -0.2) is 23.9 Å². The Balaban J connectivity index is 2.67. The van der Waals surface area contributed by atoms with Gasteiger partial charge in [0, 0.05) is 12.1 Å². The highest BCUT2D eigenvalue weighted by Gasteiger charge is 2.05. The molecular formula is C9H15N3O. The van der Waals surface area contributed by atoms with Gasteiger partial charge in [0.2, 0.25) is 5.88 Å². The van der Waals surface area contributed by atoms with Crippen molar-refractivity contribution in [1.29, 1.82) is 0 Å². The Morgan fingerprint density at radius 1 is 1.46 bits per heavy atom. The lowest BCUT2D eigenvalue weighted by Crippen LogP contribution is -2.19. The molecular weight excluding hydrogens is 166 g/mol. The second kappa shape index (κ2) is 4.77. The highest BCUT2D eigenvalue weighted by molar-refractivity contribution is 5.13. The number of methoxy groups -OCH3 is 1. The fraction of sp³-hybridized carbons (Fsp3) is 0.556. The molecule has 1 aromatic rings. The second-order valence-electron chi connectivity index (χ2n) is 2.78. The van der Waals surface area contributed by atoms with Gasteiger partial charge in [-0.2, -0.15) is 5.10 Å². The van der Waals surface area contributed by atoms with Crippen LogP contribution in [0.4, 0.5) is 0 Å². The summed E-state index contributed by atoms with van der Waals surface area (Å²) < 4.78 is 4.91. The SMILES string of the molecule is CCNC(C)c1ccc(OC)nn1. The molecule has 72 valence electrons. The van der Waals surface area contributed by atoms with Gasteiger partial charge in [-0.15, -0.1) is 5.10 Å². The van der Waals surface area contributed by atoms with E-state index in [-0.39, 0.29) is 6.04 Å². The fourth-order valence-electron chi connectivity index (χ4n) is 1.08. The minimum absolute atomic E-state index is 0.239. The molecule has 0 radical (unpaired) electrons.